The number of hydrogen-bond donors (Lipinski definition) is 2. The second kappa shape index (κ2) is 3.52. The van der Waals surface area contributed by atoms with Gasteiger partial charge in [0.2, 0.25) is 0 Å². The Kier molecular flexibility index (Phi) is 2.87. The van der Waals surface area contributed by atoms with Gasteiger partial charge in [-0.2, -0.15) is 0 Å². The van der Waals surface area contributed by atoms with Gasteiger partial charge in [0.15, 0.2) is 0 Å². The van der Waals surface area contributed by atoms with Gasteiger partial charge in [-0.25, -0.2) is 0 Å². The van der Waals surface area contributed by atoms with Crippen molar-refractivity contribution in [1.29, 1.82) is 0 Å². The zero-order valence-corrected chi connectivity index (χ0v) is 7.29. The molecule has 1 saturated heterocycles. The fraction of sp³-hybridized carbons (Fsp3) is 1.00. The predicted octanol–water partition coefficient (Wildman–Crippen LogP) is 0.0859. The Labute approximate surface area is 68.1 Å². The van der Waals surface area contributed by atoms with Crippen molar-refractivity contribution in [1.82, 2.24) is 0 Å². The molecule has 0 aromatic rings. The molecule has 4 N–H and O–H groups in total. The Morgan fingerprint density at radius 2 is 2.27 bits per heavy atom. The van der Waals surface area contributed by atoms with Crippen LogP contribution in [-0.4, -0.2) is 24.8 Å². The van der Waals surface area contributed by atoms with Crippen molar-refractivity contribution in [2.45, 2.75) is 38.5 Å². The lowest BCUT2D eigenvalue weighted by molar-refractivity contribution is 0.0714. The van der Waals surface area contributed by atoms with Crippen LogP contribution in [0.25, 0.3) is 0 Å². The Morgan fingerprint density at radius 3 is 2.64 bits per heavy atom. The zero-order chi connectivity index (χ0) is 8.43. The third-order valence-corrected chi connectivity index (χ3v) is 2.57. The molecule has 0 aromatic carbocycles. The summed E-state index contributed by atoms with van der Waals surface area (Å²) in [5, 5.41) is 0. The van der Waals surface area contributed by atoms with Gasteiger partial charge in [-0.15, -0.1) is 0 Å². The van der Waals surface area contributed by atoms with Gasteiger partial charge in [-0.05, 0) is 6.42 Å². The molecule has 3 heteroatoms. The molecule has 0 aliphatic carbocycles. The molecular formula is C8H18N2O. The summed E-state index contributed by atoms with van der Waals surface area (Å²) in [5.74, 6) is 0.407. The average Bonchev–Trinajstić information content (AvgIpc) is 2.32. The van der Waals surface area contributed by atoms with Gasteiger partial charge in [-0.3, -0.25) is 0 Å². The monoisotopic (exact) mass is 158 g/mol. The molecule has 1 unspecified atom stereocenters. The van der Waals surface area contributed by atoms with Gasteiger partial charge >= 0.3 is 0 Å². The van der Waals surface area contributed by atoms with Crippen LogP contribution in [-0.2, 0) is 4.74 Å². The molecule has 4 atom stereocenters. The first kappa shape index (κ1) is 8.97. The first-order valence-corrected chi connectivity index (χ1v) is 4.29. The van der Waals surface area contributed by atoms with E-state index in [-0.39, 0.29) is 18.2 Å². The third kappa shape index (κ3) is 1.72. The maximum atomic E-state index is 5.85. The molecule has 0 amide bonds. The van der Waals surface area contributed by atoms with E-state index in [4.69, 9.17) is 16.2 Å². The lowest BCUT2D eigenvalue weighted by atomic mass is 9.94. The van der Waals surface area contributed by atoms with Crippen LogP contribution in [0.3, 0.4) is 0 Å². The molecule has 11 heavy (non-hydrogen) atoms. The van der Waals surface area contributed by atoms with Gasteiger partial charge in [0.1, 0.15) is 0 Å². The van der Waals surface area contributed by atoms with Crippen LogP contribution < -0.4 is 11.5 Å². The van der Waals surface area contributed by atoms with Crippen LogP contribution in [0.5, 0.6) is 0 Å². The highest BCUT2D eigenvalue weighted by atomic mass is 16.5. The first-order valence-electron chi connectivity index (χ1n) is 4.29. The molecule has 1 heterocycles. The fourth-order valence-electron chi connectivity index (χ4n) is 1.52. The molecule has 1 fully saturated rings. The highest BCUT2D eigenvalue weighted by Crippen LogP contribution is 2.22. The predicted molar refractivity (Wildman–Crippen MR) is 45.1 cm³/mol. The minimum Gasteiger partial charge on any atom is -0.375 e. The molecular weight excluding hydrogens is 140 g/mol. The van der Waals surface area contributed by atoms with E-state index in [1.54, 1.807) is 0 Å². The van der Waals surface area contributed by atoms with E-state index >= 15 is 0 Å². The number of rotatable bonds is 2. The fourth-order valence-corrected chi connectivity index (χ4v) is 1.52. The molecule has 1 aliphatic heterocycles. The molecule has 3 nitrogen and oxygen atoms in total. The average molecular weight is 158 g/mol. The lowest BCUT2D eigenvalue weighted by Gasteiger charge is -2.21. The highest BCUT2D eigenvalue weighted by molar-refractivity contribution is 4.88. The van der Waals surface area contributed by atoms with Crippen LogP contribution in [0, 0.1) is 5.92 Å². The van der Waals surface area contributed by atoms with Gasteiger partial charge < -0.3 is 16.2 Å². The smallest absolute Gasteiger partial charge is 0.0767 e. The van der Waals surface area contributed by atoms with Crippen molar-refractivity contribution in [3.05, 3.63) is 0 Å². The normalized spacial score (nSPS) is 40.9. The Hall–Kier alpha value is -0.120. The Balaban J connectivity index is 2.47. The van der Waals surface area contributed by atoms with E-state index < -0.39 is 0 Å². The summed E-state index contributed by atoms with van der Waals surface area (Å²) >= 11 is 0. The van der Waals surface area contributed by atoms with E-state index in [9.17, 15) is 0 Å². The van der Waals surface area contributed by atoms with E-state index in [1.807, 2.05) is 0 Å². The molecule has 66 valence electrons. The van der Waals surface area contributed by atoms with Crippen molar-refractivity contribution < 1.29 is 4.74 Å². The molecule has 1 rings (SSSR count). The Morgan fingerprint density at radius 1 is 1.64 bits per heavy atom. The minimum atomic E-state index is 0.151. The first-order chi connectivity index (χ1) is 5.16. The van der Waals surface area contributed by atoms with Crippen molar-refractivity contribution in [2.24, 2.45) is 17.4 Å². The van der Waals surface area contributed by atoms with E-state index in [1.165, 1.54) is 0 Å². The standard InChI is InChI=1S/C8H18N2O/c1-3-6(9)8-5(2)7(10)4-11-8/h5-8H,3-4,9-10H2,1-2H3/t5?,6-,7-,8-/m0/s1. The Bertz CT molecular complexity index is 129. The van der Waals surface area contributed by atoms with Gasteiger partial charge in [0.25, 0.3) is 0 Å². The summed E-state index contributed by atoms with van der Waals surface area (Å²) in [6.45, 7) is 4.85. The van der Waals surface area contributed by atoms with Crippen molar-refractivity contribution >= 4 is 0 Å². The summed E-state index contributed by atoms with van der Waals surface area (Å²) in [5.41, 5.74) is 11.6. The zero-order valence-electron chi connectivity index (χ0n) is 7.29. The van der Waals surface area contributed by atoms with Gasteiger partial charge in [-0.1, -0.05) is 13.8 Å². The third-order valence-electron chi connectivity index (χ3n) is 2.57. The lowest BCUT2D eigenvalue weighted by Crippen LogP contribution is -2.40. The number of hydrogen-bond acceptors (Lipinski definition) is 3. The number of nitrogens with two attached hydrogens (primary N) is 2. The SMILES string of the molecule is CC[C@H](N)[C@H]1OC[C@H](N)C1C. The molecule has 0 bridgehead atoms. The highest BCUT2D eigenvalue weighted by Gasteiger charge is 2.34. The molecule has 0 radical (unpaired) electrons. The summed E-state index contributed by atoms with van der Waals surface area (Å²) in [4.78, 5) is 0. The van der Waals surface area contributed by atoms with Crippen LogP contribution in [0.1, 0.15) is 20.3 Å². The summed E-state index contributed by atoms with van der Waals surface area (Å²) in [7, 11) is 0. The summed E-state index contributed by atoms with van der Waals surface area (Å²) in [6, 6.07) is 0.330. The summed E-state index contributed by atoms with van der Waals surface area (Å²) in [6.07, 6.45) is 1.14. The van der Waals surface area contributed by atoms with E-state index in [0.29, 0.717) is 12.5 Å². The van der Waals surface area contributed by atoms with Gasteiger partial charge in [0, 0.05) is 18.0 Å². The number of ether oxygens (including phenoxy) is 1. The van der Waals surface area contributed by atoms with Crippen LogP contribution in [0.2, 0.25) is 0 Å². The molecule has 0 aromatic heterocycles. The second-order valence-corrected chi connectivity index (χ2v) is 3.39. The largest absolute Gasteiger partial charge is 0.375 e. The van der Waals surface area contributed by atoms with E-state index in [0.717, 1.165) is 6.42 Å². The summed E-state index contributed by atoms with van der Waals surface area (Å²) < 4.78 is 5.48. The maximum absolute atomic E-state index is 5.85. The van der Waals surface area contributed by atoms with Crippen molar-refractivity contribution in [2.75, 3.05) is 6.61 Å². The topological polar surface area (TPSA) is 61.3 Å². The van der Waals surface area contributed by atoms with Crippen LogP contribution in [0.15, 0.2) is 0 Å². The van der Waals surface area contributed by atoms with Crippen molar-refractivity contribution in [3.8, 4) is 0 Å². The van der Waals surface area contributed by atoms with Gasteiger partial charge in [0.05, 0.1) is 12.7 Å². The molecule has 0 spiro atoms. The van der Waals surface area contributed by atoms with Crippen LogP contribution >= 0.6 is 0 Å². The molecule has 0 saturated carbocycles. The van der Waals surface area contributed by atoms with Crippen molar-refractivity contribution in [3.63, 3.8) is 0 Å². The molecule has 1 aliphatic rings. The second-order valence-electron chi connectivity index (χ2n) is 3.39. The quantitative estimate of drug-likeness (QED) is 0.598. The van der Waals surface area contributed by atoms with Crippen LogP contribution in [0.4, 0.5) is 0 Å². The minimum absolute atomic E-state index is 0.151. The van der Waals surface area contributed by atoms with E-state index in [2.05, 4.69) is 13.8 Å². The maximum Gasteiger partial charge on any atom is 0.0767 e.